The zero-order valence-electron chi connectivity index (χ0n) is 19.7. The van der Waals surface area contributed by atoms with E-state index in [2.05, 4.69) is 6.92 Å². The van der Waals surface area contributed by atoms with Gasteiger partial charge in [0.05, 0.1) is 17.3 Å². The van der Waals surface area contributed by atoms with Gasteiger partial charge in [-0.05, 0) is 87.9 Å². The van der Waals surface area contributed by atoms with Crippen LogP contribution in [0.25, 0.3) is 0 Å². The van der Waals surface area contributed by atoms with Crippen molar-refractivity contribution in [1.29, 1.82) is 0 Å². The molecule has 3 aliphatic rings. The van der Waals surface area contributed by atoms with Gasteiger partial charge < -0.3 is 27.7 Å². The number of hydrogen-bond acceptors (Lipinski definition) is 6. The smallest absolute Gasteiger partial charge is 0.314 e. The number of anilines is 3. The summed E-state index contributed by atoms with van der Waals surface area (Å²) in [6.07, 6.45) is 13.3. The molecule has 8 N–H and O–H groups in total. The lowest BCUT2D eigenvalue weighted by molar-refractivity contribution is -0.140. The molecule has 32 heavy (non-hydrogen) atoms. The van der Waals surface area contributed by atoms with E-state index in [1.165, 1.54) is 25.7 Å². The third-order valence-corrected chi connectivity index (χ3v) is 8.67. The van der Waals surface area contributed by atoms with Gasteiger partial charge in [-0.3, -0.25) is 4.79 Å². The number of nitrogens with two attached hydrogens (primary N) is 4. The number of rotatable bonds is 4. The molecule has 3 aliphatic carbocycles. The lowest BCUT2D eigenvalue weighted by atomic mass is 9.69. The van der Waals surface area contributed by atoms with E-state index >= 15 is 0 Å². The van der Waals surface area contributed by atoms with Gasteiger partial charge in [0.25, 0.3) is 0 Å². The van der Waals surface area contributed by atoms with Crippen LogP contribution in [-0.2, 0) is 4.79 Å². The lowest BCUT2D eigenvalue weighted by Crippen LogP contribution is -2.30. The number of benzene rings is 1. The third kappa shape index (κ3) is 5.00. The first-order valence-corrected chi connectivity index (χ1v) is 12.8. The van der Waals surface area contributed by atoms with Gasteiger partial charge in [-0.15, -0.1) is 0 Å². The van der Waals surface area contributed by atoms with E-state index in [9.17, 15) is 4.79 Å². The number of nitrogen functional groups attached to an aromatic ring is 3. The summed E-state index contributed by atoms with van der Waals surface area (Å²) in [5, 5.41) is 0. The minimum atomic E-state index is -0.192. The molecule has 0 atom stereocenters. The van der Waals surface area contributed by atoms with Crippen molar-refractivity contribution in [3.05, 3.63) is 11.6 Å². The maximum Gasteiger partial charge on any atom is 0.314 e. The van der Waals surface area contributed by atoms with Crippen molar-refractivity contribution in [3.63, 3.8) is 0 Å². The molecule has 6 heteroatoms. The Hall–Kier alpha value is -1.95. The topological polar surface area (TPSA) is 130 Å². The van der Waals surface area contributed by atoms with E-state index < -0.39 is 0 Å². The van der Waals surface area contributed by atoms with Crippen LogP contribution in [0.15, 0.2) is 6.07 Å². The van der Waals surface area contributed by atoms with Gasteiger partial charge in [-0.25, -0.2) is 0 Å². The van der Waals surface area contributed by atoms with E-state index in [0.29, 0.717) is 22.8 Å². The van der Waals surface area contributed by atoms with E-state index in [0.717, 1.165) is 74.7 Å². The molecule has 3 saturated carbocycles. The first-order chi connectivity index (χ1) is 15.3. The van der Waals surface area contributed by atoms with Gasteiger partial charge in [-0.2, -0.15) is 0 Å². The van der Waals surface area contributed by atoms with Crippen LogP contribution in [0.3, 0.4) is 0 Å². The minimum Gasteiger partial charge on any atom is -0.424 e. The van der Waals surface area contributed by atoms with Crippen molar-refractivity contribution in [2.75, 3.05) is 17.2 Å². The molecule has 0 amide bonds. The van der Waals surface area contributed by atoms with Crippen LogP contribution >= 0.6 is 0 Å². The zero-order chi connectivity index (χ0) is 22.8. The Balaban J connectivity index is 1.36. The number of hydrogen-bond donors (Lipinski definition) is 4. The Morgan fingerprint density at radius 3 is 1.97 bits per heavy atom. The maximum atomic E-state index is 12.9. The Bertz CT molecular complexity index is 803. The average molecular weight is 443 g/mol. The van der Waals surface area contributed by atoms with Crippen LogP contribution in [0.5, 0.6) is 5.75 Å². The molecule has 0 heterocycles. The molecule has 0 aromatic heterocycles. The van der Waals surface area contributed by atoms with Crippen molar-refractivity contribution in [2.45, 2.75) is 95.9 Å². The van der Waals surface area contributed by atoms with Gasteiger partial charge in [0, 0.05) is 23.4 Å². The normalized spacial score (nSPS) is 33.6. The minimum absolute atomic E-state index is 0.0601. The number of ether oxygens (including phenoxy) is 1. The Labute approximate surface area is 192 Å². The quantitative estimate of drug-likeness (QED) is 0.296. The van der Waals surface area contributed by atoms with Gasteiger partial charge >= 0.3 is 5.97 Å². The third-order valence-electron chi connectivity index (χ3n) is 8.67. The highest BCUT2D eigenvalue weighted by atomic mass is 16.5. The summed E-state index contributed by atoms with van der Waals surface area (Å²) < 4.78 is 5.76. The van der Waals surface area contributed by atoms with E-state index in [1.807, 2.05) is 0 Å². The molecule has 178 valence electrons. The molecule has 0 aliphatic heterocycles. The predicted octanol–water partition coefficient (Wildman–Crippen LogP) is 4.96. The van der Waals surface area contributed by atoms with Crippen LogP contribution < -0.4 is 27.7 Å². The summed E-state index contributed by atoms with van der Waals surface area (Å²) in [5.74, 6) is 2.82. The summed E-state index contributed by atoms with van der Waals surface area (Å²) in [5.41, 5.74) is 27.4. The monoisotopic (exact) mass is 442 g/mol. The number of esters is 1. The standard InChI is InChI=1S/C26H42N4O2/c1-15-2-4-16(5-3-15)17-6-8-19(9-7-17)26(31)32-22-14-21(28)23(25(30)24(22)29)18-10-12-20(27)13-11-18/h14-20H,2-13,27-30H2,1H3. The van der Waals surface area contributed by atoms with Crippen molar-refractivity contribution < 1.29 is 9.53 Å². The molecule has 0 saturated heterocycles. The summed E-state index contributed by atoms with van der Waals surface area (Å²) in [6, 6.07) is 1.95. The fraction of sp³-hybridized carbons (Fsp3) is 0.731. The first-order valence-electron chi connectivity index (χ1n) is 12.8. The second-order valence-corrected chi connectivity index (χ2v) is 10.9. The molecule has 0 unspecified atom stereocenters. The molecule has 4 rings (SSSR count). The highest BCUT2D eigenvalue weighted by molar-refractivity contribution is 5.85. The highest BCUT2D eigenvalue weighted by Crippen LogP contribution is 2.45. The van der Waals surface area contributed by atoms with Crippen LogP contribution in [0, 0.1) is 23.7 Å². The van der Waals surface area contributed by atoms with E-state index in [-0.39, 0.29) is 23.8 Å². The maximum absolute atomic E-state index is 12.9. The molecule has 1 aromatic rings. The second kappa shape index (κ2) is 9.90. The molecule has 0 spiro atoms. The van der Waals surface area contributed by atoms with Gasteiger partial charge in [0.2, 0.25) is 0 Å². The molecular formula is C26H42N4O2. The van der Waals surface area contributed by atoms with Gasteiger partial charge in [0.1, 0.15) is 0 Å². The Kier molecular flexibility index (Phi) is 7.18. The molecule has 1 aromatic carbocycles. The summed E-state index contributed by atoms with van der Waals surface area (Å²) in [7, 11) is 0. The number of carbonyl (C=O) groups is 1. The summed E-state index contributed by atoms with van der Waals surface area (Å²) in [6.45, 7) is 2.37. The van der Waals surface area contributed by atoms with Crippen molar-refractivity contribution in [3.8, 4) is 5.75 Å². The fourth-order valence-corrected chi connectivity index (χ4v) is 6.45. The zero-order valence-corrected chi connectivity index (χ0v) is 19.7. The molecule has 0 bridgehead atoms. The first kappa shape index (κ1) is 23.2. The van der Waals surface area contributed by atoms with Gasteiger partial charge in [0.15, 0.2) is 5.75 Å². The second-order valence-electron chi connectivity index (χ2n) is 10.9. The van der Waals surface area contributed by atoms with Crippen LogP contribution in [0.1, 0.15) is 95.5 Å². The predicted molar refractivity (Wildman–Crippen MR) is 131 cm³/mol. The molecule has 0 radical (unpaired) electrons. The number of carbonyl (C=O) groups excluding carboxylic acids is 1. The van der Waals surface area contributed by atoms with Crippen molar-refractivity contribution >= 4 is 23.0 Å². The largest absolute Gasteiger partial charge is 0.424 e. The Morgan fingerprint density at radius 2 is 1.38 bits per heavy atom. The van der Waals surface area contributed by atoms with Gasteiger partial charge in [-0.1, -0.05) is 19.8 Å². The van der Waals surface area contributed by atoms with Crippen molar-refractivity contribution in [2.24, 2.45) is 29.4 Å². The van der Waals surface area contributed by atoms with Crippen molar-refractivity contribution in [1.82, 2.24) is 0 Å². The van der Waals surface area contributed by atoms with Crippen LogP contribution in [0.4, 0.5) is 17.1 Å². The molecular weight excluding hydrogens is 400 g/mol. The molecule has 3 fully saturated rings. The summed E-state index contributed by atoms with van der Waals surface area (Å²) in [4.78, 5) is 12.9. The lowest BCUT2D eigenvalue weighted by Gasteiger charge is -2.36. The van der Waals surface area contributed by atoms with Crippen LogP contribution in [0.2, 0.25) is 0 Å². The SMILES string of the molecule is CC1CCC(C2CCC(C(=O)Oc3cc(N)c(C4CCC(N)CC4)c(N)c3N)CC2)CC1. The van der Waals surface area contributed by atoms with E-state index in [4.69, 9.17) is 27.7 Å². The van der Waals surface area contributed by atoms with Crippen LogP contribution in [-0.4, -0.2) is 12.0 Å². The average Bonchev–Trinajstić information content (AvgIpc) is 2.79. The highest BCUT2D eigenvalue weighted by Gasteiger charge is 2.34. The summed E-state index contributed by atoms with van der Waals surface area (Å²) >= 11 is 0. The molecule has 6 nitrogen and oxygen atoms in total. The Morgan fingerprint density at radius 1 is 0.812 bits per heavy atom. The van der Waals surface area contributed by atoms with E-state index in [1.54, 1.807) is 6.07 Å². The fourth-order valence-electron chi connectivity index (χ4n) is 6.45.